The Labute approximate surface area is 195 Å². The molecule has 10 nitrogen and oxygen atoms in total. The van der Waals surface area contributed by atoms with Crippen LogP contribution in [0.5, 0.6) is 11.5 Å². The number of ether oxygens (including phenoxy) is 2. The van der Waals surface area contributed by atoms with Crippen LogP contribution in [0.25, 0.3) is 11.2 Å². The van der Waals surface area contributed by atoms with E-state index in [4.69, 9.17) is 20.2 Å². The number of amides is 1. The van der Waals surface area contributed by atoms with Crippen LogP contribution in [0.2, 0.25) is 0 Å². The average Bonchev–Trinajstić information content (AvgIpc) is 3.37. The molecule has 0 fully saturated rings. The Kier molecular flexibility index (Phi) is 5.55. The molecule has 166 valence electrons. The molecule has 0 spiro atoms. The van der Waals surface area contributed by atoms with Crippen LogP contribution < -0.4 is 15.2 Å². The summed E-state index contributed by atoms with van der Waals surface area (Å²) in [6.45, 7) is 1.30. The molecular weight excluding hydrogens is 500 g/mol. The molecule has 5 rings (SSSR count). The van der Waals surface area contributed by atoms with Crippen molar-refractivity contribution in [3.05, 3.63) is 34.7 Å². The van der Waals surface area contributed by atoms with Crippen LogP contribution in [0.3, 0.4) is 0 Å². The van der Waals surface area contributed by atoms with Crippen molar-refractivity contribution >= 4 is 50.8 Å². The number of nitrogens with zero attached hydrogens (tertiary/aromatic N) is 5. The number of rotatable bonds is 5. The lowest BCUT2D eigenvalue weighted by Crippen LogP contribution is -2.28. The van der Waals surface area contributed by atoms with Crippen LogP contribution in [0.15, 0.2) is 44.8 Å². The van der Waals surface area contributed by atoms with E-state index < -0.39 is 6.09 Å². The molecule has 2 aliphatic rings. The maximum absolute atomic E-state index is 11.3. The van der Waals surface area contributed by atoms with Crippen LogP contribution in [-0.2, 0) is 6.54 Å². The van der Waals surface area contributed by atoms with Gasteiger partial charge in [-0.1, -0.05) is 17.3 Å². The lowest BCUT2D eigenvalue weighted by molar-refractivity contribution is 0.160. The maximum Gasteiger partial charge on any atom is 0.411 e. The van der Waals surface area contributed by atoms with E-state index in [9.17, 15) is 9.90 Å². The summed E-state index contributed by atoms with van der Waals surface area (Å²) in [5.41, 5.74) is 8.31. The smallest absolute Gasteiger partial charge is 0.411 e. The first kappa shape index (κ1) is 20.9. The summed E-state index contributed by atoms with van der Waals surface area (Å²) in [5, 5.41) is 10.00. The second kappa shape index (κ2) is 8.51. The first-order valence-electron chi connectivity index (χ1n) is 9.92. The number of allylic oxidation sites excluding steroid dienone is 1. The molecule has 1 amide bonds. The summed E-state index contributed by atoms with van der Waals surface area (Å²) in [4.78, 5) is 26.8. The maximum atomic E-state index is 11.3. The average molecular weight is 519 g/mol. The Bertz CT molecular complexity index is 1250. The van der Waals surface area contributed by atoms with E-state index in [1.807, 2.05) is 16.7 Å². The first-order chi connectivity index (χ1) is 15.5. The Morgan fingerprint density at radius 3 is 2.91 bits per heavy atom. The molecule has 0 unspecified atom stereocenters. The number of nitrogen functional groups attached to an aromatic ring is 1. The molecule has 2 aromatic heterocycles. The molecule has 4 heterocycles. The van der Waals surface area contributed by atoms with Crippen molar-refractivity contribution in [1.82, 2.24) is 24.4 Å². The fourth-order valence-electron chi connectivity index (χ4n) is 3.71. The Hall–Kier alpha value is -2.99. The van der Waals surface area contributed by atoms with Gasteiger partial charge >= 0.3 is 6.09 Å². The van der Waals surface area contributed by atoms with Gasteiger partial charge in [0.25, 0.3) is 0 Å². The van der Waals surface area contributed by atoms with Crippen molar-refractivity contribution in [2.75, 3.05) is 19.1 Å². The van der Waals surface area contributed by atoms with E-state index in [0.29, 0.717) is 53.1 Å². The van der Waals surface area contributed by atoms with Gasteiger partial charge in [0.1, 0.15) is 6.33 Å². The lowest BCUT2D eigenvalue weighted by atomic mass is 10.0. The second-order valence-electron chi connectivity index (χ2n) is 7.33. The Morgan fingerprint density at radius 2 is 2.09 bits per heavy atom. The molecule has 3 aromatic rings. The van der Waals surface area contributed by atoms with E-state index in [2.05, 4.69) is 25.9 Å². The molecule has 0 radical (unpaired) electrons. The molecule has 2 aliphatic heterocycles. The van der Waals surface area contributed by atoms with Crippen molar-refractivity contribution in [3.8, 4) is 11.5 Å². The molecule has 0 saturated heterocycles. The zero-order valence-corrected chi connectivity index (χ0v) is 19.2. The summed E-state index contributed by atoms with van der Waals surface area (Å²) in [7, 11) is 0. The third kappa shape index (κ3) is 3.95. The van der Waals surface area contributed by atoms with Gasteiger partial charge in [0.15, 0.2) is 33.6 Å². The minimum atomic E-state index is -0.931. The number of hydrogen-bond acceptors (Lipinski definition) is 8. The van der Waals surface area contributed by atoms with E-state index in [1.54, 1.807) is 6.20 Å². The summed E-state index contributed by atoms with van der Waals surface area (Å²) < 4.78 is 13.8. The van der Waals surface area contributed by atoms with Crippen LogP contribution in [0, 0.1) is 0 Å². The lowest BCUT2D eigenvalue weighted by Gasteiger charge is -2.22. The molecule has 1 aromatic carbocycles. The standard InChI is InChI=1S/C20H19BrN6O4S/c21-12-6-13-14(31-10-30-13)7-15(12)32-19-25-16-17(22)23-9-24-18(16)27(19)5-3-11-2-1-4-26(8-11)20(28)29/h6-9H,1-5,10H2,(H,28,29)(H2,22,23,24). The van der Waals surface area contributed by atoms with Gasteiger partial charge in [0.05, 0.1) is 0 Å². The number of fused-ring (bicyclic) bond motifs is 2. The normalized spacial score (nSPS) is 15.3. The summed E-state index contributed by atoms with van der Waals surface area (Å²) in [6, 6.07) is 3.78. The van der Waals surface area contributed by atoms with Gasteiger partial charge in [-0.05, 0) is 47.3 Å². The zero-order valence-electron chi connectivity index (χ0n) is 16.8. The number of benzene rings is 1. The van der Waals surface area contributed by atoms with Crippen LogP contribution in [-0.4, -0.2) is 49.0 Å². The number of halogens is 1. The molecule has 12 heteroatoms. The highest BCUT2D eigenvalue weighted by Gasteiger charge is 2.22. The number of hydrogen-bond donors (Lipinski definition) is 2. The van der Waals surface area contributed by atoms with E-state index in [-0.39, 0.29) is 6.79 Å². The van der Waals surface area contributed by atoms with Gasteiger partial charge in [0, 0.05) is 28.7 Å². The third-order valence-electron chi connectivity index (χ3n) is 5.29. The zero-order chi connectivity index (χ0) is 22.2. The molecule has 0 bridgehead atoms. The molecule has 0 aliphatic carbocycles. The number of imidazole rings is 1. The summed E-state index contributed by atoms with van der Waals surface area (Å²) in [5.74, 6) is 1.69. The second-order valence-corrected chi connectivity index (χ2v) is 9.20. The van der Waals surface area contributed by atoms with Gasteiger partial charge in [-0.2, -0.15) is 0 Å². The fourth-order valence-corrected chi connectivity index (χ4v) is 5.22. The monoisotopic (exact) mass is 518 g/mol. The third-order valence-corrected chi connectivity index (χ3v) is 7.26. The molecule has 32 heavy (non-hydrogen) atoms. The molecular formula is C20H19BrN6O4S. The van der Waals surface area contributed by atoms with Gasteiger partial charge in [-0.25, -0.2) is 19.7 Å². The van der Waals surface area contributed by atoms with Crippen molar-refractivity contribution < 1.29 is 19.4 Å². The minimum Gasteiger partial charge on any atom is -0.465 e. The van der Waals surface area contributed by atoms with E-state index in [0.717, 1.165) is 27.8 Å². The van der Waals surface area contributed by atoms with Gasteiger partial charge in [0.2, 0.25) is 6.79 Å². The number of anilines is 1. The topological polar surface area (TPSA) is 129 Å². The van der Waals surface area contributed by atoms with Crippen molar-refractivity contribution in [1.29, 1.82) is 0 Å². The van der Waals surface area contributed by atoms with E-state index >= 15 is 0 Å². The highest BCUT2D eigenvalue weighted by Crippen LogP contribution is 2.43. The van der Waals surface area contributed by atoms with Crippen LogP contribution >= 0.6 is 27.7 Å². The summed E-state index contributed by atoms with van der Waals surface area (Å²) >= 11 is 5.05. The highest BCUT2D eigenvalue weighted by atomic mass is 79.9. The largest absolute Gasteiger partial charge is 0.465 e. The van der Waals surface area contributed by atoms with E-state index in [1.165, 1.54) is 23.0 Å². The van der Waals surface area contributed by atoms with Crippen molar-refractivity contribution in [2.24, 2.45) is 0 Å². The van der Waals surface area contributed by atoms with Crippen LogP contribution in [0.4, 0.5) is 10.6 Å². The predicted molar refractivity (Wildman–Crippen MR) is 121 cm³/mol. The predicted octanol–water partition coefficient (Wildman–Crippen LogP) is 4.10. The highest BCUT2D eigenvalue weighted by molar-refractivity contribution is 9.10. The number of nitrogens with two attached hydrogens (primary N) is 1. The van der Waals surface area contributed by atoms with Crippen molar-refractivity contribution in [2.45, 2.75) is 35.9 Å². The Balaban J connectivity index is 1.48. The fraction of sp³-hybridized carbons (Fsp3) is 0.300. The summed E-state index contributed by atoms with van der Waals surface area (Å²) in [6.07, 6.45) is 4.57. The van der Waals surface area contributed by atoms with Gasteiger partial charge in [-0.3, -0.25) is 4.90 Å². The minimum absolute atomic E-state index is 0.197. The number of carbonyl (C=O) groups is 1. The van der Waals surface area contributed by atoms with Gasteiger partial charge in [-0.15, -0.1) is 0 Å². The Morgan fingerprint density at radius 1 is 1.28 bits per heavy atom. The quantitative estimate of drug-likeness (QED) is 0.512. The van der Waals surface area contributed by atoms with Gasteiger partial charge < -0.3 is 24.9 Å². The SMILES string of the molecule is Nc1ncnc2c1nc(Sc1cc3c(cc1Br)OCO3)n2CCC1=CN(C(=O)O)CCC1. The number of aromatic nitrogens is 4. The number of aryl methyl sites for hydroxylation is 1. The molecule has 3 N–H and O–H groups in total. The molecule has 0 atom stereocenters. The van der Waals surface area contributed by atoms with Crippen molar-refractivity contribution in [3.63, 3.8) is 0 Å². The van der Waals surface area contributed by atoms with Crippen LogP contribution in [0.1, 0.15) is 19.3 Å². The first-order valence-corrected chi connectivity index (χ1v) is 11.5. The molecule has 0 saturated carbocycles. The number of carboxylic acid groups (broad SMARTS) is 1.